The molecule has 1 amide bonds. The molecular weight excluding hydrogens is 316 g/mol. The quantitative estimate of drug-likeness (QED) is 0.820. The van der Waals surface area contributed by atoms with Crippen LogP contribution in [0.3, 0.4) is 0 Å². The van der Waals surface area contributed by atoms with Gasteiger partial charge >= 0.3 is 0 Å². The monoisotopic (exact) mass is 340 g/mol. The molecular formula is C16H24N2O4S. The van der Waals surface area contributed by atoms with E-state index in [0.717, 1.165) is 25.5 Å². The first kappa shape index (κ1) is 17.6. The van der Waals surface area contributed by atoms with Gasteiger partial charge in [-0.2, -0.15) is 0 Å². The fourth-order valence-corrected chi connectivity index (χ4v) is 4.09. The molecule has 0 N–H and O–H groups in total. The van der Waals surface area contributed by atoms with Crippen molar-refractivity contribution in [1.29, 1.82) is 0 Å². The number of carbonyl (C=O) groups excluding carboxylic acids is 1. The molecule has 1 saturated heterocycles. The second kappa shape index (κ2) is 7.21. The number of hydrogen-bond acceptors (Lipinski definition) is 4. The molecule has 0 saturated carbocycles. The molecule has 0 aliphatic carbocycles. The standard InChI is InChI=1S/C16H24N2O4S/c1-13(16(19)17-10-5-4-6-11-17)18(23(3,20)21)14-8-7-9-15(12-14)22-2/h7-9,12-13H,4-6,10-11H2,1-3H3/t13-/m0/s1. The Balaban J connectivity index is 2.32. The van der Waals surface area contributed by atoms with Crippen molar-refractivity contribution in [3.8, 4) is 5.75 Å². The first-order chi connectivity index (χ1) is 10.8. The van der Waals surface area contributed by atoms with Crippen LogP contribution in [-0.2, 0) is 14.8 Å². The van der Waals surface area contributed by atoms with Crippen LogP contribution in [0.1, 0.15) is 26.2 Å². The highest BCUT2D eigenvalue weighted by molar-refractivity contribution is 7.92. The fraction of sp³-hybridized carbons (Fsp3) is 0.562. The van der Waals surface area contributed by atoms with E-state index in [0.29, 0.717) is 24.5 Å². The SMILES string of the molecule is COc1cccc(N([C@@H](C)C(=O)N2CCCCC2)S(C)(=O)=O)c1. The Kier molecular flexibility index (Phi) is 5.51. The van der Waals surface area contributed by atoms with Crippen LogP contribution in [0, 0.1) is 0 Å². The fourth-order valence-electron chi connectivity index (χ4n) is 2.93. The number of anilines is 1. The van der Waals surface area contributed by atoms with Crippen molar-refractivity contribution in [2.45, 2.75) is 32.2 Å². The van der Waals surface area contributed by atoms with Crippen LogP contribution in [-0.4, -0.2) is 51.7 Å². The molecule has 1 aromatic rings. The van der Waals surface area contributed by atoms with Crippen LogP contribution in [0.4, 0.5) is 5.69 Å². The van der Waals surface area contributed by atoms with Crippen molar-refractivity contribution in [3.05, 3.63) is 24.3 Å². The van der Waals surface area contributed by atoms with Crippen molar-refractivity contribution >= 4 is 21.6 Å². The summed E-state index contributed by atoms with van der Waals surface area (Å²) in [4.78, 5) is 14.5. The zero-order chi connectivity index (χ0) is 17.0. The molecule has 1 fully saturated rings. The van der Waals surface area contributed by atoms with E-state index in [1.54, 1.807) is 36.1 Å². The molecule has 1 aromatic carbocycles. The predicted octanol–water partition coefficient (Wildman–Crippen LogP) is 1.86. The van der Waals surface area contributed by atoms with E-state index >= 15 is 0 Å². The average molecular weight is 340 g/mol. The molecule has 1 aliphatic heterocycles. The molecule has 0 aromatic heterocycles. The van der Waals surface area contributed by atoms with Crippen molar-refractivity contribution in [3.63, 3.8) is 0 Å². The third-order valence-electron chi connectivity index (χ3n) is 4.04. The number of ether oxygens (including phenoxy) is 1. The number of likely N-dealkylation sites (tertiary alicyclic amines) is 1. The Bertz CT molecular complexity index is 654. The summed E-state index contributed by atoms with van der Waals surface area (Å²) >= 11 is 0. The number of piperidine rings is 1. The Morgan fingerprint density at radius 1 is 1.26 bits per heavy atom. The number of rotatable bonds is 5. The Labute approximate surface area is 138 Å². The topological polar surface area (TPSA) is 66.9 Å². The largest absolute Gasteiger partial charge is 0.497 e. The number of hydrogen-bond donors (Lipinski definition) is 0. The van der Waals surface area contributed by atoms with E-state index in [1.165, 1.54) is 11.4 Å². The van der Waals surface area contributed by atoms with E-state index < -0.39 is 16.1 Å². The maximum absolute atomic E-state index is 12.7. The first-order valence-electron chi connectivity index (χ1n) is 7.77. The summed E-state index contributed by atoms with van der Waals surface area (Å²) in [5.41, 5.74) is 0.435. The third-order valence-corrected chi connectivity index (χ3v) is 5.28. The molecule has 0 radical (unpaired) electrons. The number of sulfonamides is 1. The lowest BCUT2D eigenvalue weighted by Gasteiger charge is -2.34. The zero-order valence-electron chi connectivity index (χ0n) is 13.9. The molecule has 1 heterocycles. The molecule has 1 atom stereocenters. The van der Waals surface area contributed by atoms with Gasteiger partial charge in [0.1, 0.15) is 11.8 Å². The number of carbonyl (C=O) groups is 1. The van der Waals surface area contributed by atoms with Crippen LogP contribution in [0.25, 0.3) is 0 Å². The summed E-state index contributed by atoms with van der Waals surface area (Å²) in [5, 5.41) is 0. The molecule has 6 nitrogen and oxygen atoms in total. The van der Waals surface area contributed by atoms with E-state index in [2.05, 4.69) is 0 Å². The lowest BCUT2D eigenvalue weighted by molar-refractivity contribution is -0.132. The molecule has 2 rings (SSSR count). The van der Waals surface area contributed by atoms with Gasteiger partial charge in [0, 0.05) is 19.2 Å². The molecule has 0 unspecified atom stereocenters. The minimum absolute atomic E-state index is 0.155. The van der Waals surface area contributed by atoms with Gasteiger partial charge in [0.05, 0.1) is 19.1 Å². The first-order valence-corrected chi connectivity index (χ1v) is 9.61. The van der Waals surface area contributed by atoms with Crippen molar-refractivity contribution in [2.75, 3.05) is 30.8 Å². The van der Waals surface area contributed by atoms with Gasteiger partial charge in [-0.25, -0.2) is 8.42 Å². The molecule has 0 spiro atoms. The normalized spacial score (nSPS) is 16.7. The minimum atomic E-state index is -3.60. The van der Waals surface area contributed by atoms with Gasteiger partial charge in [-0.3, -0.25) is 9.10 Å². The number of amides is 1. The van der Waals surface area contributed by atoms with Gasteiger partial charge < -0.3 is 9.64 Å². The number of nitrogens with zero attached hydrogens (tertiary/aromatic N) is 2. The summed E-state index contributed by atoms with van der Waals surface area (Å²) in [6.07, 6.45) is 4.17. The zero-order valence-corrected chi connectivity index (χ0v) is 14.7. The van der Waals surface area contributed by atoms with Crippen molar-refractivity contribution < 1.29 is 17.9 Å². The van der Waals surface area contributed by atoms with Gasteiger partial charge in [-0.15, -0.1) is 0 Å². The van der Waals surface area contributed by atoms with Gasteiger partial charge in [-0.1, -0.05) is 6.07 Å². The van der Waals surface area contributed by atoms with E-state index in [1.807, 2.05) is 0 Å². The number of benzene rings is 1. The van der Waals surface area contributed by atoms with Crippen molar-refractivity contribution in [1.82, 2.24) is 4.90 Å². The van der Waals surface area contributed by atoms with Crippen molar-refractivity contribution in [2.24, 2.45) is 0 Å². The lowest BCUT2D eigenvalue weighted by atomic mass is 10.1. The molecule has 23 heavy (non-hydrogen) atoms. The molecule has 0 bridgehead atoms. The second-order valence-electron chi connectivity index (χ2n) is 5.82. The highest BCUT2D eigenvalue weighted by atomic mass is 32.2. The van der Waals surface area contributed by atoms with Crippen LogP contribution < -0.4 is 9.04 Å². The van der Waals surface area contributed by atoms with Gasteiger partial charge in [0.25, 0.3) is 0 Å². The second-order valence-corrected chi connectivity index (χ2v) is 7.68. The summed E-state index contributed by atoms with van der Waals surface area (Å²) in [5.74, 6) is 0.395. The predicted molar refractivity (Wildman–Crippen MR) is 90.2 cm³/mol. The maximum Gasteiger partial charge on any atom is 0.246 e. The average Bonchev–Trinajstić information content (AvgIpc) is 2.54. The molecule has 1 aliphatic rings. The Morgan fingerprint density at radius 2 is 1.91 bits per heavy atom. The van der Waals surface area contributed by atoms with Crippen LogP contribution >= 0.6 is 0 Å². The molecule has 7 heteroatoms. The summed E-state index contributed by atoms with van der Waals surface area (Å²) in [7, 11) is -2.08. The van der Waals surface area contributed by atoms with Crippen LogP contribution in [0.5, 0.6) is 5.75 Å². The van der Waals surface area contributed by atoms with E-state index in [-0.39, 0.29) is 5.91 Å². The minimum Gasteiger partial charge on any atom is -0.497 e. The smallest absolute Gasteiger partial charge is 0.246 e. The summed E-state index contributed by atoms with van der Waals surface area (Å²) in [6, 6.07) is 5.96. The van der Waals surface area contributed by atoms with Gasteiger partial charge in [0.2, 0.25) is 15.9 Å². The highest BCUT2D eigenvalue weighted by Gasteiger charge is 2.32. The summed E-state index contributed by atoms with van der Waals surface area (Å²) < 4.78 is 30.9. The van der Waals surface area contributed by atoms with Gasteiger partial charge in [0.15, 0.2) is 0 Å². The highest BCUT2D eigenvalue weighted by Crippen LogP contribution is 2.26. The Morgan fingerprint density at radius 3 is 2.48 bits per heavy atom. The number of methoxy groups -OCH3 is 1. The van der Waals surface area contributed by atoms with E-state index in [4.69, 9.17) is 4.74 Å². The van der Waals surface area contributed by atoms with Crippen LogP contribution in [0.15, 0.2) is 24.3 Å². The van der Waals surface area contributed by atoms with E-state index in [9.17, 15) is 13.2 Å². The maximum atomic E-state index is 12.7. The Hall–Kier alpha value is -1.76. The molecule has 128 valence electrons. The van der Waals surface area contributed by atoms with Crippen LogP contribution in [0.2, 0.25) is 0 Å². The lowest BCUT2D eigenvalue weighted by Crippen LogP contribution is -2.50. The summed E-state index contributed by atoms with van der Waals surface area (Å²) in [6.45, 7) is 3.02. The van der Waals surface area contributed by atoms with Gasteiger partial charge in [-0.05, 0) is 38.3 Å². The third kappa shape index (κ3) is 4.16.